The molecule has 0 atom stereocenters. The summed E-state index contributed by atoms with van der Waals surface area (Å²) in [4.78, 5) is 12.9. The molecular formula is C14H13F2NO2S. The Morgan fingerprint density at radius 3 is 2.60 bits per heavy atom. The van der Waals surface area contributed by atoms with Crippen LogP contribution in [0.15, 0.2) is 41.8 Å². The van der Waals surface area contributed by atoms with Gasteiger partial charge in [0.1, 0.15) is 5.75 Å². The Morgan fingerprint density at radius 2 is 2.00 bits per heavy atom. The molecule has 1 N–H and O–H groups in total. The molecule has 0 unspecified atom stereocenters. The van der Waals surface area contributed by atoms with E-state index in [1.54, 1.807) is 11.3 Å². The van der Waals surface area contributed by atoms with E-state index in [4.69, 9.17) is 0 Å². The number of nitrogens with one attached hydrogen (secondary N) is 1. The normalized spacial score (nSPS) is 10.6. The predicted molar refractivity (Wildman–Crippen MR) is 74.3 cm³/mol. The van der Waals surface area contributed by atoms with Crippen molar-refractivity contribution in [3.05, 3.63) is 46.7 Å². The first-order valence-corrected chi connectivity index (χ1v) is 6.88. The number of benzene rings is 1. The summed E-state index contributed by atoms with van der Waals surface area (Å²) in [5, 5.41) is 4.67. The Morgan fingerprint density at radius 1 is 1.25 bits per heavy atom. The Labute approximate surface area is 119 Å². The maximum absolute atomic E-state index is 12.0. The van der Waals surface area contributed by atoms with Gasteiger partial charge in [-0.3, -0.25) is 4.79 Å². The second-order valence-electron chi connectivity index (χ2n) is 4.03. The van der Waals surface area contributed by atoms with Gasteiger partial charge in [0.25, 0.3) is 0 Å². The van der Waals surface area contributed by atoms with E-state index in [1.165, 1.54) is 24.3 Å². The topological polar surface area (TPSA) is 38.3 Å². The first-order chi connectivity index (χ1) is 9.63. The zero-order valence-corrected chi connectivity index (χ0v) is 11.3. The second-order valence-corrected chi connectivity index (χ2v) is 5.06. The molecule has 0 aliphatic carbocycles. The van der Waals surface area contributed by atoms with Crippen LogP contribution in [-0.4, -0.2) is 12.5 Å². The van der Waals surface area contributed by atoms with Gasteiger partial charge in [0.2, 0.25) is 5.91 Å². The molecule has 0 aliphatic rings. The Bertz CT molecular complexity index is 541. The van der Waals surface area contributed by atoms with Gasteiger partial charge in [0, 0.05) is 17.0 Å². The number of anilines is 1. The number of ether oxygens (including phenoxy) is 1. The van der Waals surface area contributed by atoms with E-state index in [-0.39, 0.29) is 11.7 Å². The van der Waals surface area contributed by atoms with Crippen molar-refractivity contribution in [2.45, 2.75) is 19.5 Å². The quantitative estimate of drug-likeness (QED) is 0.877. The van der Waals surface area contributed by atoms with Crippen molar-refractivity contribution < 1.29 is 18.3 Å². The van der Waals surface area contributed by atoms with Gasteiger partial charge in [0.05, 0.1) is 0 Å². The third kappa shape index (κ3) is 4.62. The van der Waals surface area contributed by atoms with Crippen molar-refractivity contribution in [1.82, 2.24) is 0 Å². The van der Waals surface area contributed by atoms with Crippen LogP contribution in [0.1, 0.15) is 11.3 Å². The highest BCUT2D eigenvalue weighted by Gasteiger charge is 2.06. The molecule has 106 valence electrons. The molecule has 20 heavy (non-hydrogen) atoms. The standard InChI is InChI=1S/C14H13F2NO2S/c15-14(16)19-11-5-3-10(4-6-11)17-13(18)8-7-12-2-1-9-20-12/h1-6,9,14H,7-8H2,(H,17,18). The number of carbonyl (C=O) groups is 1. The zero-order valence-electron chi connectivity index (χ0n) is 10.5. The van der Waals surface area contributed by atoms with E-state index in [9.17, 15) is 13.6 Å². The number of hydrogen-bond acceptors (Lipinski definition) is 3. The Hall–Kier alpha value is -1.95. The number of halogens is 2. The summed E-state index contributed by atoms with van der Waals surface area (Å²) in [6.45, 7) is -2.85. The molecule has 2 aromatic rings. The number of aryl methyl sites for hydroxylation is 1. The maximum atomic E-state index is 12.0. The molecular weight excluding hydrogens is 284 g/mol. The molecule has 1 heterocycles. The van der Waals surface area contributed by atoms with Gasteiger partial charge in [0.15, 0.2) is 0 Å². The van der Waals surface area contributed by atoms with Gasteiger partial charge in [-0.25, -0.2) is 0 Å². The first-order valence-electron chi connectivity index (χ1n) is 6.00. The average Bonchev–Trinajstić information content (AvgIpc) is 2.91. The molecule has 0 spiro atoms. The van der Waals surface area contributed by atoms with Crippen LogP contribution in [0, 0.1) is 0 Å². The maximum Gasteiger partial charge on any atom is 0.387 e. The third-order valence-corrected chi connectivity index (χ3v) is 3.48. The molecule has 0 aliphatic heterocycles. The van der Waals surface area contributed by atoms with Gasteiger partial charge < -0.3 is 10.1 Å². The number of rotatable bonds is 6. The van der Waals surface area contributed by atoms with E-state index in [2.05, 4.69) is 10.1 Å². The van der Waals surface area contributed by atoms with Crippen molar-refractivity contribution in [1.29, 1.82) is 0 Å². The van der Waals surface area contributed by atoms with Gasteiger partial charge in [-0.1, -0.05) is 6.07 Å². The second kappa shape index (κ2) is 7.00. The number of thiophene rings is 1. The average molecular weight is 297 g/mol. The minimum atomic E-state index is -2.85. The Kier molecular flexibility index (Phi) is 5.06. The van der Waals surface area contributed by atoms with Gasteiger partial charge in [-0.15, -0.1) is 11.3 Å². The van der Waals surface area contributed by atoms with E-state index in [1.807, 2.05) is 17.5 Å². The van der Waals surface area contributed by atoms with Crippen LogP contribution in [0.5, 0.6) is 5.75 Å². The van der Waals surface area contributed by atoms with Crippen molar-refractivity contribution >= 4 is 22.9 Å². The third-order valence-electron chi connectivity index (χ3n) is 2.54. The summed E-state index contributed by atoms with van der Waals surface area (Å²) >= 11 is 1.61. The number of carbonyl (C=O) groups excluding carboxylic acids is 1. The largest absolute Gasteiger partial charge is 0.435 e. The fraction of sp³-hybridized carbons (Fsp3) is 0.214. The number of hydrogen-bond donors (Lipinski definition) is 1. The number of alkyl halides is 2. The lowest BCUT2D eigenvalue weighted by Crippen LogP contribution is -2.12. The highest BCUT2D eigenvalue weighted by molar-refractivity contribution is 7.09. The van der Waals surface area contributed by atoms with Crippen LogP contribution in [0.2, 0.25) is 0 Å². The van der Waals surface area contributed by atoms with E-state index in [0.717, 1.165) is 4.88 Å². The fourth-order valence-electron chi connectivity index (χ4n) is 1.63. The summed E-state index contributed by atoms with van der Waals surface area (Å²) in [6.07, 6.45) is 1.08. The van der Waals surface area contributed by atoms with Crippen LogP contribution < -0.4 is 10.1 Å². The van der Waals surface area contributed by atoms with E-state index < -0.39 is 6.61 Å². The lowest BCUT2D eigenvalue weighted by molar-refractivity contribution is -0.116. The van der Waals surface area contributed by atoms with Crippen molar-refractivity contribution in [3.63, 3.8) is 0 Å². The van der Waals surface area contributed by atoms with Gasteiger partial charge >= 0.3 is 6.61 Å². The van der Waals surface area contributed by atoms with Crippen LogP contribution in [0.25, 0.3) is 0 Å². The van der Waals surface area contributed by atoms with Crippen LogP contribution in [0.3, 0.4) is 0 Å². The van der Waals surface area contributed by atoms with Gasteiger partial charge in [-0.2, -0.15) is 8.78 Å². The summed E-state index contributed by atoms with van der Waals surface area (Å²) in [5.74, 6) is -0.0440. The van der Waals surface area contributed by atoms with Crippen molar-refractivity contribution in [3.8, 4) is 5.75 Å². The smallest absolute Gasteiger partial charge is 0.387 e. The summed E-state index contributed by atoms with van der Waals surface area (Å²) in [6, 6.07) is 9.76. The fourth-order valence-corrected chi connectivity index (χ4v) is 2.34. The minimum absolute atomic E-state index is 0.0663. The number of amides is 1. The molecule has 0 saturated heterocycles. The molecule has 6 heteroatoms. The molecule has 1 aromatic heterocycles. The Balaban J connectivity index is 1.81. The predicted octanol–water partition coefficient (Wildman–Crippen LogP) is 3.92. The highest BCUT2D eigenvalue weighted by atomic mass is 32.1. The molecule has 2 rings (SSSR count). The lowest BCUT2D eigenvalue weighted by Gasteiger charge is -2.07. The SMILES string of the molecule is O=C(CCc1cccs1)Nc1ccc(OC(F)F)cc1. The molecule has 1 aromatic carbocycles. The summed E-state index contributed by atoms with van der Waals surface area (Å²) in [7, 11) is 0. The van der Waals surface area contributed by atoms with E-state index >= 15 is 0 Å². The van der Waals surface area contributed by atoms with Gasteiger partial charge in [-0.05, 0) is 42.1 Å². The molecule has 0 radical (unpaired) electrons. The monoisotopic (exact) mass is 297 g/mol. The van der Waals surface area contributed by atoms with Crippen LogP contribution >= 0.6 is 11.3 Å². The van der Waals surface area contributed by atoms with Crippen molar-refractivity contribution in [2.24, 2.45) is 0 Å². The molecule has 3 nitrogen and oxygen atoms in total. The summed E-state index contributed by atoms with van der Waals surface area (Å²) < 4.78 is 28.2. The van der Waals surface area contributed by atoms with Crippen LogP contribution in [0.4, 0.5) is 14.5 Å². The van der Waals surface area contributed by atoms with Crippen LogP contribution in [-0.2, 0) is 11.2 Å². The summed E-state index contributed by atoms with van der Waals surface area (Å²) in [5.41, 5.74) is 0.558. The zero-order chi connectivity index (χ0) is 14.4. The van der Waals surface area contributed by atoms with Crippen molar-refractivity contribution in [2.75, 3.05) is 5.32 Å². The first kappa shape index (κ1) is 14.5. The molecule has 1 amide bonds. The molecule has 0 fully saturated rings. The lowest BCUT2D eigenvalue weighted by atomic mass is 10.2. The minimum Gasteiger partial charge on any atom is -0.435 e. The highest BCUT2D eigenvalue weighted by Crippen LogP contribution is 2.18. The molecule has 0 saturated carbocycles. The molecule has 0 bridgehead atoms. The van der Waals surface area contributed by atoms with E-state index in [0.29, 0.717) is 18.5 Å².